The molecule has 22 heavy (non-hydrogen) atoms. The maximum absolute atomic E-state index is 12.7. The summed E-state index contributed by atoms with van der Waals surface area (Å²) in [6.07, 6.45) is 0. The average molecular weight is 304 g/mol. The zero-order valence-corrected chi connectivity index (χ0v) is 13.5. The Morgan fingerprint density at radius 2 is 1.86 bits per heavy atom. The van der Waals surface area contributed by atoms with Gasteiger partial charge < -0.3 is 0 Å². The fourth-order valence-corrected chi connectivity index (χ4v) is 2.87. The molecule has 2 aromatic heterocycles. The lowest BCUT2D eigenvalue weighted by atomic mass is 10.2. The monoisotopic (exact) mass is 304 g/mol. The molecular weight excluding hydrogens is 284 g/mol. The fourth-order valence-electron chi connectivity index (χ4n) is 2.87. The number of hydrazone groups is 1. The van der Waals surface area contributed by atoms with Crippen molar-refractivity contribution in [3.63, 3.8) is 0 Å². The molecule has 0 radical (unpaired) electrons. The SMILES string of the molecule is CCN1N=C(C)[C@@H](C)n2c1nc1c2c(=O)n(CC)c(=O)n1C. The van der Waals surface area contributed by atoms with Crippen LogP contribution in [0.5, 0.6) is 0 Å². The van der Waals surface area contributed by atoms with Crippen LogP contribution < -0.4 is 16.3 Å². The highest BCUT2D eigenvalue weighted by atomic mass is 16.2. The summed E-state index contributed by atoms with van der Waals surface area (Å²) in [4.78, 5) is 29.5. The fraction of sp³-hybridized carbons (Fsp3) is 0.571. The van der Waals surface area contributed by atoms with E-state index in [1.807, 2.05) is 25.3 Å². The van der Waals surface area contributed by atoms with Gasteiger partial charge in [-0.25, -0.2) is 9.80 Å². The molecule has 2 aromatic rings. The third-order valence-corrected chi connectivity index (χ3v) is 4.27. The van der Waals surface area contributed by atoms with Crippen LogP contribution in [-0.2, 0) is 13.6 Å². The van der Waals surface area contributed by atoms with Crippen LogP contribution in [0.3, 0.4) is 0 Å². The van der Waals surface area contributed by atoms with E-state index in [2.05, 4.69) is 10.1 Å². The smallest absolute Gasteiger partial charge is 0.294 e. The second-order valence-electron chi connectivity index (χ2n) is 5.48. The molecule has 0 unspecified atom stereocenters. The van der Waals surface area contributed by atoms with Crippen molar-refractivity contribution in [1.29, 1.82) is 0 Å². The number of nitrogens with zero attached hydrogens (tertiary/aromatic N) is 6. The first-order chi connectivity index (χ1) is 10.4. The van der Waals surface area contributed by atoms with E-state index in [0.717, 1.165) is 5.71 Å². The van der Waals surface area contributed by atoms with Crippen molar-refractivity contribution in [2.75, 3.05) is 11.6 Å². The normalized spacial score (nSPS) is 17.8. The number of fused-ring (bicyclic) bond motifs is 3. The highest BCUT2D eigenvalue weighted by molar-refractivity contribution is 5.90. The van der Waals surface area contributed by atoms with Gasteiger partial charge in [-0.05, 0) is 27.7 Å². The number of aromatic nitrogens is 4. The van der Waals surface area contributed by atoms with Gasteiger partial charge in [0.2, 0.25) is 5.95 Å². The summed E-state index contributed by atoms with van der Waals surface area (Å²) in [5.41, 5.74) is 1.13. The highest BCUT2D eigenvalue weighted by Crippen LogP contribution is 2.29. The summed E-state index contributed by atoms with van der Waals surface area (Å²) < 4.78 is 4.55. The maximum atomic E-state index is 12.7. The van der Waals surface area contributed by atoms with Crippen molar-refractivity contribution in [3.8, 4) is 0 Å². The molecule has 1 atom stereocenters. The van der Waals surface area contributed by atoms with E-state index >= 15 is 0 Å². The Morgan fingerprint density at radius 1 is 1.18 bits per heavy atom. The Bertz CT molecular complexity index is 901. The number of anilines is 1. The molecule has 0 fully saturated rings. The minimum Gasteiger partial charge on any atom is -0.294 e. The molecule has 8 nitrogen and oxygen atoms in total. The first kappa shape index (κ1) is 14.6. The first-order valence-corrected chi connectivity index (χ1v) is 7.46. The van der Waals surface area contributed by atoms with Gasteiger partial charge in [0.25, 0.3) is 5.56 Å². The second-order valence-corrected chi connectivity index (χ2v) is 5.48. The molecule has 0 bridgehead atoms. The van der Waals surface area contributed by atoms with E-state index in [1.54, 1.807) is 19.0 Å². The summed E-state index contributed by atoms with van der Waals surface area (Å²) >= 11 is 0. The number of imidazole rings is 1. The molecule has 118 valence electrons. The molecule has 0 amide bonds. The van der Waals surface area contributed by atoms with Crippen LogP contribution in [0, 0.1) is 0 Å². The predicted octanol–water partition coefficient (Wildman–Crippen LogP) is 0.693. The lowest BCUT2D eigenvalue weighted by molar-refractivity contribution is 0.621. The molecule has 0 spiro atoms. The Balaban J connectivity index is 2.50. The zero-order valence-electron chi connectivity index (χ0n) is 13.5. The van der Waals surface area contributed by atoms with Gasteiger partial charge in [-0.3, -0.25) is 18.5 Å². The van der Waals surface area contributed by atoms with Gasteiger partial charge in [0.05, 0.1) is 11.8 Å². The number of hydrogen-bond acceptors (Lipinski definition) is 5. The van der Waals surface area contributed by atoms with Crippen molar-refractivity contribution >= 4 is 22.8 Å². The van der Waals surface area contributed by atoms with Gasteiger partial charge in [0, 0.05) is 20.1 Å². The lowest BCUT2D eigenvalue weighted by Crippen LogP contribution is -2.40. The third-order valence-electron chi connectivity index (χ3n) is 4.27. The van der Waals surface area contributed by atoms with Gasteiger partial charge in [0.15, 0.2) is 11.2 Å². The minimum atomic E-state index is -0.344. The van der Waals surface area contributed by atoms with Gasteiger partial charge in [-0.15, -0.1) is 0 Å². The van der Waals surface area contributed by atoms with E-state index in [9.17, 15) is 9.59 Å². The van der Waals surface area contributed by atoms with Crippen molar-refractivity contribution < 1.29 is 0 Å². The van der Waals surface area contributed by atoms with Crippen molar-refractivity contribution in [2.24, 2.45) is 12.1 Å². The number of hydrogen-bond donors (Lipinski definition) is 0. The molecular formula is C14H20N6O2. The molecule has 1 aliphatic heterocycles. The quantitative estimate of drug-likeness (QED) is 0.818. The first-order valence-electron chi connectivity index (χ1n) is 7.46. The van der Waals surface area contributed by atoms with Crippen molar-refractivity contribution in [2.45, 2.75) is 40.3 Å². The van der Waals surface area contributed by atoms with Gasteiger partial charge >= 0.3 is 5.69 Å². The van der Waals surface area contributed by atoms with Crippen molar-refractivity contribution in [1.82, 2.24) is 18.7 Å². The van der Waals surface area contributed by atoms with Crippen LogP contribution >= 0.6 is 0 Å². The highest BCUT2D eigenvalue weighted by Gasteiger charge is 2.29. The lowest BCUT2D eigenvalue weighted by Gasteiger charge is -2.28. The summed E-state index contributed by atoms with van der Waals surface area (Å²) in [5, 5.41) is 6.27. The standard InChI is InChI=1S/C14H20N6O2/c1-6-18-12(21)10-11(17(5)14(18)22)15-13-19(7-2)16-8(3)9(4)20(10)13/h9H,6-7H2,1-5H3/t9-/m1/s1. The predicted molar refractivity (Wildman–Crippen MR) is 85.7 cm³/mol. The van der Waals surface area contributed by atoms with E-state index in [0.29, 0.717) is 30.2 Å². The molecule has 0 aliphatic carbocycles. The third kappa shape index (κ3) is 1.69. The van der Waals surface area contributed by atoms with Crippen LogP contribution in [-0.4, -0.2) is 30.9 Å². The Morgan fingerprint density at radius 3 is 2.45 bits per heavy atom. The summed E-state index contributed by atoms with van der Waals surface area (Å²) in [6, 6.07) is -0.0710. The molecule has 0 saturated carbocycles. The second kappa shape index (κ2) is 4.82. The number of rotatable bonds is 2. The number of aryl methyl sites for hydroxylation is 1. The Labute approximate surface area is 127 Å². The van der Waals surface area contributed by atoms with Crippen LogP contribution in [0.1, 0.15) is 33.7 Å². The average Bonchev–Trinajstić information content (AvgIpc) is 2.90. The van der Waals surface area contributed by atoms with Crippen LogP contribution in [0.2, 0.25) is 0 Å². The van der Waals surface area contributed by atoms with E-state index in [4.69, 9.17) is 0 Å². The largest absolute Gasteiger partial charge is 0.332 e. The van der Waals surface area contributed by atoms with Crippen molar-refractivity contribution in [3.05, 3.63) is 20.8 Å². The van der Waals surface area contributed by atoms with E-state index < -0.39 is 0 Å². The summed E-state index contributed by atoms with van der Waals surface area (Å²) in [5.74, 6) is 0.608. The van der Waals surface area contributed by atoms with Crippen LogP contribution in [0.15, 0.2) is 14.7 Å². The topological polar surface area (TPSA) is 77.4 Å². The summed E-state index contributed by atoms with van der Waals surface area (Å²) in [6.45, 7) is 8.65. The molecule has 3 heterocycles. The van der Waals surface area contributed by atoms with E-state index in [-0.39, 0.29) is 17.3 Å². The van der Waals surface area contributed by atoms with Gasteiger partial charge in [-0.1, -0.05) is 0 Å². The molecule has 0 N–H and O–H groups in total. The van der Waals surface area contributed by atoms with Crippen LogP contribution in [0.25, 0.3) is 11.2 Å². The molecule has 8 heteroatoms. The Kier molecular flexibility index (Phi) is 3.19. The van der Waals surface area contributed by atoms with E-state index in [1.165, 1.54) is 9.13 Å². The zero-order chi connectivity index (χ0) is 16.2. The molecule has 3 rings (SSSR count). The van der Waals surface area contributed by atoms with Gasteiger partial charge in [-0.2, -0.15) is 10.1 Å². The molecule has 1 aliphatic rings. The Hall–Kier alpha value is -2.38. The molecule has 0 aromatic carbocycles. The molecule has 0 saturated heterocycles. The van der Waals surface area contributed by atoms with Crippen LogP contribution in [0.4, 0.5) is 5.95 Å². The van der Waals surface area contributed by atoms with Gasteiger partial charge in [0.1, 0.15) is 0 Å². The minimum absolute atomic E-state index is 0.0710. The maximum Gasteiger partial charge on any atom is 0.332 e. The summed E-state index contributed by atoms with van der Waals surface area (Å²) in [7, 11) is 1.64.